The van der Waals surface area contributed by atoms with Gasteiger partial charge in [-0.15, -0.1) is 0 Å². The Hall–Kier alpha value is -3.51. The normalized spacial score (nSPS) is 11.6. The topological polar surface area (TPSA) is 114 Å². The lowest BCUT2D eigenvalue weighted by molar-refractivity contribution is 0.301. The standard InChI is InChI=1S/C24H27N3O5S/c1-5-12-30-22-11-8-19(13-17(22)14-25)24(2,3)18-6-9-21(10-7-18)31-15-20-16-32-23(26-20)27-33(4,28)29/h6-11,13,16H,5,12,15H2,1-4H3,(H,26,27). The Morgan fingerprint density at radius 3 is 2.45 bits per heavy atom. The summed E-state index contributed by atoms with van der Waals surface area (Å²) in [5.41, 5.74) is 2.70. The van der Waals surface area contributed by atoms with Crippen molar-refractivity contribution in [3.8, 4) is 17.6 Å². The highest BCUT2D eigenvalue weighted by atomic mass is 32.2. The summed E-state index contributed by atoms with van der Waals surface area (Å²) in [5.74, 6) is 1.24. The van der Waals surface area contributed by atoms with Crippen molar-refractivity contribution in [2.45, 2.75) is 39.2 Å². The van der Waals surface area contributed by atoms with Crippen molar-refractivity contribution in [1.82, 2.24) is 4.98 Å². The van der Waals surface area contributed by atoms with Crippen molar-refractivity contribution in [2.24, 2.45) is 0 Å². The van der Waals surface area contributed by atoms with Crippen LogP contribution in [-0.2, 0) is 22.0 Å². The number of benzene rings is 2. The van der Waals surface area contributed by atoms with E-state index in [0.29, 0.717) is 29.4 Å². The summed E-state index contributed by atoms with van der Waals surface area (Å²) in [6.45, 7) is 6.91. The van der Waals surface area contributed by atoms with Crippen LogP contribution < -0.4 is 14.2 Å². The number of oxazole rings is 1. The Morgan fingerprint density at radius 1 is 1.12 bits per heavy atom. The van der Waals surface area contributed by atoms with E-state index in [0.717, 1.165) is 23.8 Å². The number of sulfonamides is 1. The van der Waals surface area contributed by atoms with Crippen LogP contribution >= 0.6 is 0 Å². The van der Waals surface area contributed by atoms with Gasteiger partial charge in [-0.25, -0.2) is 13.1 Å². The maximum Gasteiger partial charge on any atom is 0.308 e. The van der Waals surface area contributed by atoms with Gasteiger partial charge < -0.3 is 13.9 Å². The average molecular weight is 470 g/mol. The molecule has 9 heteroatoms. The number of nitrogens with zero attached hydrogens (tertiary/aromatic N) is 2. The van der Waals surface area contributed by atoms with E-state index in [2.05, 4.69) is 29.6 Å². The Balaban J connectivity index is 1.69. The highest BCUT2D eigenvalue weighted by molar-refractivity contribution is 7.91. The zero-order valence-electron chi connectivity index (χ0n) is 19.1. The molecule has 0 spiro atoms. The van der Waals surface area contributed by atoms with Gasteiger partial charge in [0.2, 0.25) is 10.0 Å². The SMILES string of the molecule is CCCOc1ccc(C(C)(C)c2ccc(OCc3coc(NS(C)(=O)=O)n3)cc2)cc1C#N. The van der Waals surface area contributed by atoms with Crippen molar-refractivity contribution in [1.29, 1.82) is 5.26 Å². The predicted octanol–water partition coefficient (Wildman–Crippen LogP) is 4.61. The molecular formula is C24H27N3O5S. The molecular weight excluding hydrogens is 442 g/mol. The molecule has 0 unspecified atom stereocenters. The maximum atomic E-state index is 11.2. The van der Waals surface area contributed by atoms with Crippen molar-refractivity contribution < 1.29 is 22.3 Å². The lowest BCUT2D eigenvalue weighted by Gasteiger charge is -2.27. The fourth-order valence-electron chi connectivity index (χ4n) is 3.21. The van der Waals surface area contributed by atoms with Gasteiger partial charge in [0.15, 0.2) is 0 Å². The fourth-order valence-corrected chi connectivity index (χ4v) is 3.63. The number of nitriles is 1. The Kier molecular flexibility index (Phi) is 7.29. The lowest BCUT2D eigenvalue weighted by atomic mass is 9.77. The second-order valence-corrected chi connectivity index (χ2v) is 9.88. The largest absolute Gasteiger partial charge is 0.492 e. The molecule has 1 aromatic heterocycles. The van der Waals surface area contributed by atoms with Gasteiger partial charge in [0.25, 0.3) is 0 Å². The molecule has 33 heavy (non-hydrogen) atoms. The van der Waals surface area contributed by atoms with Crippen molar-refractivity contribution in [3.05, 3.63) is 71.1 Å². The van der Waals surface area contributed by atoms with Gasteiger partial charge in [-0.3, -0.25) is 0 Å². The van der Waals surface area contributed by atoms with Gasteiger partial charge in [0, 0.05) is 5.41 Å². The van der Waals surface area contributed by atoms with E-state index in [1.807, 2.05) is 49.4 Å². The maximum absolute atomic E-state index is 11.2. The predicted molar refractivity (Wildman–Crippen MR) is 125 cm³/mol. The molecule has 3 aromatic rings. The van der Waals surface area contributed by atoms with Gasteiger partial charge in [0.1, 0.15) is 36.1 Å². The summed E-state index contributed by atoms with van der Waals surface area (Å²) in [7, 11) is -3.46. The van der Waals surface area contributed by atoms with Gasteiger partial charge in [-0.2, -0.15) is 10.2 Å². The monoisotopic (exact) mass is 469 g/mol. The molecule has 1 N–H and O–H groups in total. The molecule has 0 atom stereocenters. The van der Waals surface area contributed by atoms with Crippen LogP contribution in [0, 0.1) is 11.3 Å². The zero-order valence-corrected chi connectivity index (χ0v) is 19.9. The summed E-state index contributed by atoms with van der Waals surface area (Å²) in [6.07, 6.45) is 3.24. The molecule has 0 fully saturated rings. The molecule has 174 valence electrons. The third kappa shape index (κ3) is 6.26. The molecule has 3 rings (SSSR count). The minimum atomic E-state index is -3.46. The molecule has 0 aliphatic rings. The van der Waals surface area contributed by atoms with Crippen LogP contribution in [0.1, 0.15) is 49.6 Å². The van der Waals surface area contributed by atoms with Gasteiger partial charge in [-0.05, 0) is 41.8 Å². The molecule has 0 aliphatic carbocycles. The zero-order chi connectivity index (χ0) is 24.1. The Morgan fingerprint density at radius 2 is 1.82 bits per heavy atom. The number of nitrogens with one attached hydrogen (secondary N) is 1. The third-order valence-corrected chi connectivity index (χ3v) is 5.62. The summed E-state index contributed by atoms with van der Waals surface area (Å²) < 4.78 is 41.1. The van der Waals surface area contributed by atoms with Gasteiger partial charge >= 0.3 is 6.01 Å². The third-order valence-electron chi connectivity index (χ3n) is 5.07. The van der Waals surface area contributed by atoms with Crippen LogP contribution in [0.25, 0.3) is 0 Å². The fraction of sp³-hybridized carbons (Fsp3) is 0.333. The number of anilines is 1. The van der Waals surface area contributed by atoms with Crippen LogP contribution in [-0.4, -0.2) is 26.3 Å². The molecule has 0 aliphatic heterocycles. The molecule has 0 saturated heterocycles. The van der Waals surface area contributed by atoms with Crippen molar-refractivity contribution in [2.75, 3.05) is 17.6 Å². The molecule has 2 aromatic carbocycles. The van der Waals surface area contributed by atoms with Gasteiger partial charge in [-0.1, -0.05) is 39.0 Å². The molecule has 0 amide bonds. The van der Waals surface area contributed by atoms with E-state index in [1.54, 1.807) is 0 Å². The number of aromatic nitrogens is 1. The first kappa shape index (κ1) is 24.1. The smallest absolute Gasteiger partial charge is 0.308 e. The quantitative estimate of drug-likeness (QED) is 0.461. The van der Waals surface area contributed by atoms with E-state index >= 15 is 0 Å². The number of hydrogen-bond acceptors (Lipinski definition) is 7. The van der Waals surface area contributed by atoms with E-state index in [4.69, 9.17) is 13.9 Å². The minimum absolute atomic E-state index is 0.101. The van der Waals surface area contributed by atoms with Crippen molar-refractivity contribution in [3.63, 3.8) is 0 Å². The highest BCUT2D eigenvalue weighted by Crippen LogP contribution is 2.35. The Bertz CT molecular complexity index is 1240. The number of rotatable bonds is 10. The summed E-state index contributed by atoms with van der Waals surface area (Å²) in [6, 6.07) is 15.5. The first-order valence-corrected chi connectivity index (χ1v) is 12.3. The Labute approximate surface area is 194 Å². The first-order chi connectivity index (χ1) is 15.6. The lowest BCUT2D eigenvalue weighted by Crippen LogP contribution is -2.19. The second-order valence-electron chi connectivity index (χ2n) is 8.13. The van der Waals surface area contributed by atoms with Crippen LogP contribution in [0.3, 0.4) is 0 Å². The second kappa shape index (κ2) is 9.96. The molecule has 0 saturated carbocycles. The van der Waals surface area contributed by atoms with Gasteiger partial charge in [0.05, 0.1) is 18.4 Å². The summed E-state index contributed by atoms with van der Waals surface area (Å²) in [5, 5.41) is 9.53. The molecule has 0 bridgehead atoms. The van der Waals surface area contributed by atoms with Crippen LogP contribution in [0.15, 0.2) is 53.1 Å². The van der Waals surface area contributed by atoms with Crippen molar-refractivity contribution >= 4 is 16.0 Å². The first-order valence-electron chi connectivity index (χ1n) is 10.5. The summed E-state index contributed by atoms with van der Waals surface area (Å²) >= 11 is 0. The molecule has 8 nitrogen and oxygen atoms in total. The van der Waals surface area contributed by atoms with E-state index in [-0.39, 0.29) is 18.0 Å². The van der Waals surface area contributed by atoms with E-state index < -0.39 is 10.0 Å². The van der Waals surface area contributed by atoms with Crippen LogP contribution in [0.2, 0.25) is 0 Å². The highest BCUT2D eigenvalue weighted by Gasteiger charge is 2.24. The number of ether oxygens (including phenoxy) is 2. The van der Waals surface area contributed by atoms with Crippen LogP contribution in [0.5, 0.6) is 11.5 Å². The van der Waals surface area contributed by atoms with Crippen LogP contribution in [0.4, 0.5) is 6.01 Å². The summed E-state index contributed by atoms with van der Waals surface area (Å²) in [4.78, 5) is 4.03. The molecule has 0 radical (unpaired) electrons. The minimum Gasteiger partial charge on any atom is -0.492 e. The van der Waals surface area contributed by atoms with E-state index in [9.17, 15) is 13.7 Å². The molecule has 1 heterocycles. The number of hydrogen-bond donors (Lipinski definition) is 1. The average Bonchev–Trinajstić information content (AvgIpc) is 3.21. The van der Waals surface area contributed by atoms with E-state index in [1.165, 1.54) is 6.26 Å².